The van der Waals surface area contributed by atoms with E-state index in [1.54, 1.807) is 13.0 Å². The maximum absolute atomic E-state index is 13.0. The van der Waals surface area contributed by atoms with Gasteiger partial charge in [0, 0.05) is 6.54 Å². The number of aryl methyl sites for hydroxylation is 1. The maximum atomic E-state index is 13.0. The minimum atomic E-state index is -0.193. The largest absolute Gasteiger partial charge is 0.386 e. The van der Waals surface area contributed by atoms with E-state index in [1.165, 1.54) is 6.07 Å². The van der Waals surface area contributed by atoms with E-state index >= 15 is 0 Å². The first-order chi connectivity index (χ1) is 6.09. The lowest BCUT2D eigenvalue weighted by atomic mass is 10.1. The van der Waals surface area contributed by atoms with E-state index in [0.717, 1.165) is 5.56 Å². The molecular formula is C10H13FN2. The van der Waals surface area contributed by atoms with Gasteiger partial charge in [-0.05, 0) is 24.1 Å². The van der Waals surface area contributed by atoms with E-state index in [-0.39, 0.29) is 5.82 Å². The second kappa shape index (κ2) is 3.94. The van der Waals surface area contributed by atoms with Crippen molar-refractivity contribution in [2.24, 2.45) is 5.73 Å². The summed E-state index contributed by atoms with van der Waals surface area (Å²) in [6.07, 6.45) is 0. The Balaban J connectivity index is 2.68. The molecule has 0 aliphatic rings. The first-order valence-corrected chi connectivity index (χ1v) is 4.03. The quantitative estimate of drug-likeness (QED) is 0.742. The summed E-state index contributed by atoms with van der Waals surface area (Å²) in [5.74, 6) is 0.197. The number of hydrogen-bond acceptors (Lipinski definition) is 2. The van der Waals surface area contributed by atoms with E-state index in [2.05, 4.69) is 11.9 Å². The van der Waals surface area contributed by atoms with Crippen LogP contribution in [0.25, 0.3) is 0 Å². The zero-order valence-electron chi connectivity index (χ0n) is 7.60. The molecule has 1 aromatic rings. The normalized spacial score (nSPS) is 9.69. The van der Waals surface area contributed by atoms with Gasteiger partial charge in [-0.3, -0.25) is 0 Å². The van der Waals surface area contributed by atoms with Gasteiger partial charge in [0.15, 0.2) is 0 Å². The zero-order valence-corrected chi connectivity index (χ0v) is 7.60. The summed E-state index contributed by atoms with van der Waals surface area (Å²) in [6, 6.07) is 5.09. The molecule has 3 N–H and O–H groups in total. The zero-order chi connectivity index (χ0) is 9.84. The average molecular weight is 180 g/mol. The molecule has 1 aromatic carbocycles. The number of hydrogen-bond donors (Lipinski definition) is 2. The highest BCUT2D eigenvalue weighted by molar-refractivity contribution is 5.23. The van der Waals surface area contributed by atoms with Crippen molar-refractivity contribution in [2.75, 3.05) is 0 Å². The minimum absolute atomic E-state index is 0.193. The van der Waals surface area contributed by atoms with Crippen LogP contribution >= 0.6 is 0 Å². The van der Waals surface area contributed by atoms with Crippen molar-refractivity contribution < 1.29 is 4.39 Å². The molecule has 70 valence electrons. The van der Waals surface area contributed by atoms with Gasteiger partial charge in [-0.15, -0.1) is 0 Å². The maximum Gasteiger partial charge on any atom is 0.126 e. The molecule has 0 aliphatic carbocycles. The molecule has 0 heterocycles. The molecule has 0 bridgehead atoms. The Bertz CT molecular complexity index is 321. The minimum Gasteiger partial charge on any atom is -0.386 e. The first-order valence-electron chi connectivity index (χ1n) is 4.03. The Morgan fingerprint density at radius 2 is 2.31 bits per heavy atom. The SMILES string of the molecule is C=C(N)NCc1ccc(C)c(F)c1. The van der Waals surface area contributed by atoms with Crippen LogP contribution in [0.5, 0.6) is 0 Å². The first kappa shape index (κ1) is 9.58. The van der Waals surface area contributed by atoms with E-state index in [0.29, 0.717) is 17.9 Å². The van der Waals surface area contributed by atoms with Crippen molar-refractivity contribution >= 4 is 0 Å². The highest BCUT2D eigenvalue weighted by atomic mass is 19.1. The summed E-state index contributed by atoms with van der Waals surface area (Å²) in [6.45, 7) is 5.72. The molecule has 1 rings (SSSR count). The topological polar surface area (TPSA) is 38.0 Å². The number of nitrogens with one attached hydrogen (secondary N) is 1. The highest BCUT2D eigenvalue weighted by Crippen LogP contribution is 2.08. The predicted octanol–water partition coefficient (Wildman–Crippen LogP) is 1.65. The van der Waals surface area contributed by atoms with E-state index in [4.69, 9.17) is 5.73 Å². The summed E-state index contributed by atoms with van der Waals surface area (Å²) in [5.41, 5.74) is 6.81. The fourth-order valence-electron chi connectivity index (χ4n) is 0.962. The lowest BCUT2D eigenvalue weighted by molar-refractivity contribution is 0.614. The second-order valence-corrected chi connectivity index (χ2v) is 2.96. The van der Waals surface area contributed by atoms with Gasteiger partial charge in [-0.2, -0.15) is 0 Å². The van der Waals surface area contributed by atoms with Crippen LogP contribution in [0.3, 0.4) is 0 Å². The molecule has 0 fully saturated rings. The van der Waals surface area contributed by atoms with E-state index in [9.17, 15) is 4.39 Å². The number of rotatable bonds is 3. The van der Waals surface area contributed by atoms with Crippen molar-refractivity contribution in [3.8, 4) is 0 Å². The molecule has 0 spiro atoms. The number of halogens is 1. The Morgan fingerprint density at radius 3 is 2.85 bits per heavy atom. The Kier molecular flexibility index (Phi) is 2.90. The van der Waals surface area contributed by atoms with Crippen LogP contribution in [-0.4, -0.2) is 0 Å². The molecule has 0 radical (unpaired) electrons. The molecule has 0 saturated carbocycles. The average Bonchev–Trinajstić information content (AvgIpc) is 2.07. The van der Waals surface area contributed by atoms with Crippen LogP contribution < -0.4 is 11.1 Å². The van der Waals surface area contributed by atoms with Gasteiger partial charge in [-0.1, -0.05) is 18.7 Å². The summed E-state index contributed by atoms with van der Waals surface area (Å²) in [4.78, 5) is 0. The molecule has 0 atom stereocenters. The van der Waals surface area contributed by atoms with Crippen molar-refractivity contribution in [1.29, 1.82) is 0 Å². The molecule has 0 unspecified atom stereocenters. The fourth-order valence-corrected chi connectivity index (χ4v) is 0.962. The molecule has 0 aliphatic heterocycles. The lowest BCUT2D eigenvalue weighted by Gasteiger charge is -2.05. The fraction of sp³-hybridized carbons (Fsp3) is 0.200. The van der Waals surface area contributed by atoms with Crippen molar-refractivity contribution in [1.82, 2.24) is 5.32 Å². The van der Waals surface area contributed by atoms with Gasteiger partial charge in [-0.25, -0.2) is 4.39 Å². The lowest BCUT2D eigenvalue weighted by Crippen LogP contribution is -2.18. The molecule has 13 heavy (non-hydrogen) atoms. The predicted molar refractivity (Wildman–Crippen MR) is 51.3 cm³/mol. The van der Waals surface area contributed by atoms with Crippen LogP contribution in [0.1, 0.15) is 11.1 Å². The van der Waals surface area contributed by atoms with Gasteiger partial charge in [0.25, 0.3) is 0 Å². The molecule has 0 aromatic heterocycles. The van der Waals surface area contributed by atoms with Crippen molar-refractivity contribution in [3.63, 3.8) is 0 Å². The van der Waals surface area contributed by atoms with Crippen LogP contribution in [0.4, 0.5) is 4.39 Å². The molecule has 0 amide bonds. The van der Waals surface area contributed by atoms with Gasteiger partial charge in [0.1, 0.15) is 5.82 Å². The van der Waals surface area contributed by atoms with Crippen LogP contribution in [-0.2, 0) is 6.54 Å². The molecular weight excluding hydrogens is 167 g/mol. The van der Waals surface area contributed by atoms with E-state index < -0.39 is 0 Å². The second-order valence-electron chi connectivity index (χ2n) is 2.96. The monoisotopic (exact) mass is 180 g/mol. The van der Waals surface area contributed by atoms with Gasteiger partial charge >= 0.3 is 0 Å². The van der Waals surface area contributed by atoms with Crippen LogP contribution in [0, 0.1) is 12.7 Å². The number of benzene rings is 1. The molecule has 2 nitrogen and oxygen atoms in total. The van der Waals surface area contributed by atoms with Crippen LogP contribution in [0.15, 0.2) is 30.6 Å². The Labute approximate surface area is 77.3 Å². The summed E-state index contributed by atoms with van der Waals surface area (Å²) in [7, 11) is 0. The van der Waals surface area contributed by atoms with Crippen molar-refractivity contribution in [2.45, 2.75) is 13.5 Å². The summed E-state index contributed by atoms with van der Waals surface area (Å²) in [5, 5.41) is 2.83. The number of nitrogens with two attached hydrogens (primary N) is 1. The molecule has 3 heteroatoms. The van der Waals surface area contributed by atoms with Gasteiger partial charge in [0.2, 0.25) is 0 Å². The third-order valence-electron chi connectivity index (χ3n) is 1.76. The Morgan fingerprint density at radius 1 is 1.62 bits per heavy atom. The summed E-state index contributed by atoms with van der Waals surface area (Å²) >= 11 is 0. The van der Waals surface area contributed by atoms with Gasteiger partial charge < -0.3 is 11.1 Å². The third-order valence-corrected chi connectivity index (χ3v) is 1.76. The Hall–Kier alpha value is -1.51. The van der Waals surface area contributed by atoms with E-state index in [1.807, 2.05) is 6.07 Å². The summed E-state index contributed by atoms with van der Waals surface area (Å²) < 4.78 is 13.0. The smallest absolute Gasteiger partial charge is 0.126 e. The molecule has 0 saturated heterocycles. The van der Waals surface area contributed by atoms with Crippen LogP contribution in [0.2, 0.25) is 0 Å². The standard InChI is InChI=1S/C10H13FN2/c1-7-3-4-9(5-10(7)11)6-13-8(2)12/h3-5,13H,2,6,12H2,1H3. The third kappa shape index (κ3) is 2.78. The highest BCUT2D eigenvalue weighted by Gasteiger charge is 1.98. The van der Waals surface area contributed by atoms with Crippen molar-refractivity contribution in [3.05, 3.63) is 47.5 Å². The van der Waals surface area contributed by atoms with Gasteiger partial charge in [0.05, 0.1) is 5.82 Å².